The Balaban J connectivity index is 1.75. The van der Waals surface area contributed by atoms with E-state index in [0.717, 1.165) is 43.3 Å². The molecular weight excluding hydrogens is 381 g/mol. The number of piperazine rings is 1. The van der Waals surface area contributed by atoms with Gasteiger partial charge in [0, 0.05) is 31.7 Å². The number of aryl methyl sites for hydroxylation is 1. The maximum Gasteiger partial charge on any atom is 0.181 e. The van der Waals surface area contributed by atoms with E-state index in [2.05, 4.69) is 23.8 Å². The second kappa shape index (κ2) is 8.53. The van der Waals surface area contributed by atoms with Crippen molar-refractivity contribution in [2.24, 2.45) is 0 Å². The molecule has 1 atom stereocenters. The number of hydrogen-bond donors (Lipinski definition) is 0. The molecule has 1 aromatic heterocycles. The van der Waals surface area contributed by atoms with Gasteiger partial charge >= 0.3 is 0 Å². The van der Waals surface area contributed by atoms with Gasteiger partial charge in [-0.2, -0.15) is 0 Å². The molecule has 2 aromatic carbocycles. The Bertz CT molecular complexity index is 1010. The van der Waals surface area contributed by atoms with Crippen molar-refractivity contribution in [1.29, 1.82) is 0 Å². The van der Waals surface area contributed by atoms with Gasteiger partial charge in [-0.05, 0) is 62.9 Å². The normalized spacial score (nSPS) is 16.6. The van der Waals surface area contributed by atoms with Crippen LogP contribution in [0.25, 0.3) is 17.1 Å². The number of hydrogen-bond acceptors (Lipinski definition) is 5. The summed E-state index contributed by atoms with van der Waals surface area (Å²) < 4.78 is 21.4. The summed E-state index contributed by atoms with van der Waals surface area (Å²) in [5.41, 5.74) is 2.19. The Morgan fingerprint density at radius 3 is 2.37 bits per heavy atom. The average molecular weight is 410 g/mol. The summed E-state index contributed by atoms with van der Waals surface area (Å²) in [6.45, 7) is 7.87. The van der Waals surface area contributed by atoms with Gasteiger partial charge < -0.3 is 9.64 Å². The first-order valence-corrected chi connectivity index (χ1v) is 10.3. The first-order chi connectivity index (χ1) is 14.5. The predicted octanol–water partition coefficient (Wildman–Crippen LogP) is 3.70. The molecule has 0 radical (unpaired) electrons. The quantitative estimate of drug-likeness (QED) is 0.643. The second-order valence-corrected chi connectivity index (χ2v) is 7.88. The summed E-state index contributed by atoms with van der Waals surface area (Å²) in [6.07, 6.45) is 0. The smallest absolute Gasteiger partial charge is 0.181 e. The second-order valence-electron chi connectivity index (χ2n) is 7.88. The lowest BCUT2D eigenvalue weighted by Gasteiger charge is -2.35. The van der Waals surface area contributed by atoms with Crippen molar-refractivity contribution >= 4 is 0 Å². The number of aromatic nitrogens is 3. The van der Waals surface area contributed by atoms with Gasteiger partial charge in [0.05, 0.1) is 18.8 Å². The fourth-order valence-electron chi connectivity index (χ4n) is 3.73. The third-order valence-corrected chi connectivity index (χ3v) is 5.84. The van der Waals surface area contributed by atoms with E-state index < -0.39 is 0 Å². The van der Waals surface area contributed by atoms with Gasteiger partial charge in [-0.3, -0.25) is 4.90 Å². The van der Waals surface area contributed by atoms with E-state index in [9.17, 15) is 4.39 Å². The van der Waals surface area contributed by atoms with E-state index in [4.69, 9.17) is 14.8 Å². The SMILES string of the molecule is COc1ccc(-c2nc(C(C)N3CCN(C)CC3)n(-c3ccc(C)c(F)c3)n2)cc1. The number of methoxy groups -OCH3 is 1. The van der Waals surface area contributed by atoms with Crippen LogP contribution in [0.4, 0.5) is 4.39 Å². The Morgan fingerprint density at radius 2 is 1.73 bits per heavy atom. The fourth-order valence-corrected chi connectivity index (χ4v) is 3.73. The third-order valence-electron chi connectivity index (χ3n) is 5.84. The number of halogens is 1. The maximum atomic E-state index is 14.3. The van der Waals surface area contributed by atoms with Crippen LogP contribution in [0, 0.1) is 12.7 Å². The van der Waals surface area contributed by atoms with Gasteiger partial charge in [0.15, 0.2) is 5.82 Å². The van der Waals surface area contributed by atoms with Gasteiger partial charge in [-0.25, -0.2) is 14.1 Å². The minimum absolute atomic E-state index is 0.0579. The molecule has 0 N–H and O–H groups in total. The monoisotopic (exact) mass is 409 g/mol. The Hall–Kier alpha value is -2.77. The Kier molecular flexibility index (Phi) is 5.83. The van der Waals surface area contributed by atoms with Crippen molar-refractivity contribution < 1.29 is 9.13 Å². The molecule has 1 aliphatic heterocycles. The standard InChI is InChI=1S/C23H28FN5O/c1-16-5-8-19(15-21(16)24)29-23(17(2)28-13-11-27(3)12-14-28)25-22(26-29)18-6-9-20(30-4)10-7-18/h5-10,15,17H,11-14H2,1-4H3. The van der Waals surface area contributed by atoms with Crippen LogP contribution in [0.15, 0.2) is 42.5 Å². The molecule has 2 heterocycles. The first kappa shape index (κ1) is 20.5. The fraction of sp³-hybridized carbons (Fsp3) is 0.391. The largest absolute Gasteiger partial charge is 0.497 e. The number of ether oxygens (including phenoxy) is 1. The molecule has 1 fully saturated rings. The van der Waals surface area contributed by atoms with Crippen LogP contribution in [-0.2, 0) is 0 Å². The molecule has 7 heteroatoms. The average Bonchev–Trinajstić information content (AvgIpc) is 3.21. The van der Waals surface area contributed by atoms with E-state index in [0.29, 0.717) is 17.1 Å². The van der Waals surface area contributed by atoms with E-state index in [1.165, 1.54) is 6.07 Å². The minimum atomic E-state index is -0.243. The zero-order valence-electron chi connectivity index (χ0n) is 18.0. The highest BCUT2D eigenvalue weighted by molar-refractivity contribution is 5.56. The summed E-state index contributed by atoms with van der Waals surface area (Å²) in [5.74, 6) is 1.97. The molecule has 3 aromatic rings. The summed E-state index contributed by atoms with van der Waals surface area (Å²) in [7, 11) is 3.78. The molecule has 0 saturated carbocycles. The molecule has 0 aliphatic carbocycles. The van der Waals surface area contributed by atoms with Crippen LogP contribution in [0.2, 0.25) is 0 Å². The number of benzene rings is 2. The van der Waals surface area contributed by atoms with Crippen molar-refractivity contribution in [2.75, 3.05) is 40.3 Å². The molecule has 1 aliphatic rings. The van der Waals surface area contributed by atoms with E-state index in [-0.39, 0.29) is 11.9 Å². The highest BCUT2D eigenvalue weighted by atomic mass is 19.1. The Morgan fingerprint density at radius 1 is 1.03 bits per heavy atom. The molecule has 6 nitrogen and oxygen atoms in total. The summed E-state index contributed by atoms with van der Waals surface area (Å²) in [4.78, 5) is 9.62. The van der Waals surface area contributed by atoms with Crippen LogP contribution in [0.3, 0.4) is 0 Å². The summed E-state index contributed by atoms with van der Waals surface area (Å²) in [5, 5.41) is 4.77. The maximum absolute atomic E-state index is 14.3. The van der Waals surface area contributed by atoms with E-state index in [1.54, 1.807) is 24.8 Å². The van der Waals surface area contributed by atoms with Crippen LogP contribution in [0.1, 0.15) is 24.4 Å². The van der Waals surface area contributed by atoms with Crippen LogP contribution >= 0.6 is 0 Å². The lowest BCUT2D eigenvalue weighted by atomic mass is 10.2. The highest BCUT2D eigenvalue weighted by Crippen LogP contribution is 2.27. The molecule has 1 saturated heterocycles. The zero-order valence-corrected chi connectivity index (χ0v) is 18.0. The highest BCUT2D eigenvalue weighted by Gasteiger charge is 2.26. The minimum Gasteiger partial charge on any atom is -0.497 e. The van der Waals surface area contributed by atoms with Crippen molar-refractivity contribution in [2.45, 2.75) is 19.9 Å². The molecule has 0 bridgehead atoms. The molecule has 0 amide bonds. The number of nitrogens with zero attached hydrogens (tertiary/aromatic N) is 5. The van der Waals surface area contributed by atoms with Crippen LogP contribution < -0.4 is 4.74 Å². The molecular formula is C23H28FN5O. The van der Waals surface area contributed by atoms with Gasteiger partial charge in [-0.15, -0.1) is 5.10 Å². The molecule has 1 unspecified atom stereocenters. The summed E-state index contributed by atoms with van der Waals surface area (Å²) >= 11 is 0. The first-order valence-electron chi connectivity index (χ1n) is 10.3. The van der Waals surface area contributed by atoms with Gasteiger partial charge in [-0.1, -0.05) is 6.07 Å². The Labute approximate surface area is 176 Å². The summed E-state index contributed by atoms with van der Waals surface area (Å²) in [6, 6.07) is 12.9. The molecule has 4 rings (SSSR count). The predicted molar refractivity (Wildman–Crippen MR) is 116 cm³/mol. The molecule has 158 valence electrons. The topological polar surface area (TPSA) is 46.4 Å². The van der Waals surface area contributed by atoms with Crippen molar-refractivity contribution in [3.63, 3.8) is 0 Å². The molecule has 30 heavy (non-hydrogen) atoms. The zero-order chi connectivity index (χ0) is 21.3. The van der Waals surface area contributed by atoms with Gasteiger partial charge in [0.2, 0.25) is 0 Å². The van der Waals surface area contributed by atoms with Gasteiger partial charge in [0.1, 0.15) is 17.4 Å². The van der Waals surface area contributed by atoms with Crippen LogP contribution in [0.5, 0.6) is 5.75 Å². The third kappa shape index (κ3) is 4.08. The van der Waals surface area contributed by atoms with Crippen LogP contribution in [-0.4, -0.2) is 64.9 Å². The lowest BCUT2D eigenvalue weighted by Crippen LogP contribution is -2.45. The lowest BCUT2D eigenvalue weighted by molar-refractivity contribution is 0.114. The van der Waals surface area contributed by atoms with Gasteiger partial charge in [0.25, 0.3) is 0 Å². The van der Waals surface area contributed by atoms with E-state index in [1.807, 2.05) is 30.3 Å². The van der Waals surface area contributed by atoms with Crippen molar-refractivity contribution in [3.05, 3.63) is 59.7 Å². The van der Waals surface area contributed by atoms with Crippen molar-refractivity contribution in [1.82, 2.24) is 24.6 Å². The number of rotatable bonds is 5. The number of likely N-dealkylation sites (N-methyl/N-ethyl adjacent to an activating group) is 1. The van der Waals surface area contributed by atoms with E-state index >= 15 is 0 Å². The van der Waals surface area contributed by atoms with Crippen molar-refractivity contribution in [3.8, 4) is 22.8 Å². The molecule has 0 spiro atoms.